The van der Waals surface area contributed by atoms with Crippen molar-refractivity contribution in [1.82, 2.24) is 15.1 Å². The second kappa shape index (κ2) is 6.05. The topological polar surface area (TPSA) is 98.3 Å². The Hall–Kier alpha value is -2.28. The highest BCUT2D eigenvalue weighted by Gasteiger charge is 2.13. The zero-order valence-electron chi connectivity index (χ0n) is 10.4. The van der Waals surface area contributed by atoms with E-state index in [9.17, 15) is 4.79 Å². The molecule has 2 aromatic heterocycles. The summed E-state index contributed by atoms with van der Waals surface area (Å²) in [4.78, 5) is 18.6. The normalized spacial score (nSPS) is 10.6. The van der Waals surface area contributed by atoms with Crippen LogP contribution in [0, 0.1) is 0 Å². The molecule has 1 N–H and O–H groups in total. The van der Waals surface area contributed by atoms with E-state index in [0.29, 0.717) is 11.5 Å². The van der Waals surface area contributed by atoms with Gasteiger partial charge in [-0.15, -0.1) is 0 Å². The molecule has 0 aliphatic heterocycles. The molecule has 0 aliphatic rings. The van der Waals surface area contributed by atoms with E-state index in [2.05, 4.69) is 15.1 Å². The lowest BCUT2D eigenvalue weighted by molar-refractivity contribution is -0.142. The van der Waals surface area contributed by atoms with Crippen LogP contribution in [0.15, 0.2) is 22.9 Å². The average Bonchev–Trinajstić information content (AvgIpc) is 2.87. The molecular weight excluding hydrogens is 250 g/mol. The SMILES string of the molecule is CCc1cccnc1-c1noc(COCC(=O)O)n1. The average molecular weight is 263 g/mol. The van der Waals surface area contributed by atoms with Crippen LogP contribution in [0.2, 0.25) is 0 Å². The summed E-state index contributed by atoms with van der Waals surface area (Å²) in [5.41, 5.74) is 1.68. The highest BCUT2D eigenvalue weighted by atomic mass is 16.5. The van der Waals surface area contributed by atoms with Gasteiger partial charge in [0, 0.05) is 6.20 Å². The molecule has 2 aromatic rings. The number of nitrogens with zero attached hydrogens (tertiary/aromatic N) is 3. The Labute approximate surface area is 109 Å². The summed E-state index contributed by atoms with van der Waals surface area (Å²) in [7, 11) is 0. The minimum absolute atomic E-state index is 0.0341. The van der Waals surface area contributed by atoms with E-state index in [1.54, 1.807) is 6.20 Å². The van der Waals surface area contributed by atoms with E-state index < -0.39 is 12.6 Å². The van der Waals surface area contributed by atoms with Gasteiger partial charge in [-0.1, -0.05) is 18.1 Å². The van der Waals surface area contributed by atoms with Gasteiger partial charge in [0.1, 0.15) is 18.9 Å². The van der Waals surface area contributed by atoms with Crippen LogP contribution in [0.4, 0.5) is 0 Å². The van der Waals surface area contributed by atoms with E-state index in [1.807, 2.05) is 19.1 Å². The first kappa shape index (κ1) is 13.2. The number of aryl methyl sites for hydroxylation is 1. The van der Waals surface area contributed by atoms with Crippen molar-refractivity contribution in [2.45, 2.75) is 20.0 Å². The van der Waals surface area contributed by atoms with Crippen LogP contribution >= 0.6 is 0 Å². The molecule has 7 nitrogen and oxygen atoms in total. The van der Waals surface area contributed by atoms with Crippen molar-refractivity contribution in [2.75, 3.05) is 6.61 Å². The van der Waals surface area contributed by atoms with Gasteiger partial charge >= 0.3 is 5.97 Å². The van der Waals surface area contributed by atoms with Crippen molar-refractivity contribution < 1.29 is 19.2 Å². The number of carboxylic acids is 1. The molecule has 0 saturated heterocycles. The zero-order valence-corrected chi connectivity index (χ0v) is 10.4. The third-order valence-electron chi connectivity index (χ3n) is 2.40. The molecule has 19 heavy (non-hydrogen) atoms. The number of aromatic nitrogens is 3. The quantitative estimate of drug-likeness (QED) is 0.838. The highest BCUT2D eigenvalue weighted by Crippen LogP contribution is 2.18. The predicted octanol–water partition coefficient (Wildman–Crippen LogP) is 1.30. The summed E-state index contributed by atoms with van der Waals surface area (Å²) in [6.45, 7) is 1.58. The van der Waals surface area contributed by atoms with Crippen LogP contribution in [0.5, 0.6) is 0 Å². The molecule has 0 fully saturated rings. The fourth-order valence-electron chi connectivity index (χ4n) is 1.56. The number of hydrogen-bond donors (Lipinski definition) is 1. The van der Waals surface area contributed by atoms with E-state index in [0.717, 1.165) is 12.0 Å². The zero-order chi connectivity index (χ0) is 13.7. The van der Waals surface area contributed by atoms with Gasteiger partial charge in [0.15, 0.2) is 0 Å². The second-order valence-electron chi connectivity index (χ2n) is 3.76. The maximum Gasteiger partial charge on any atom is 0.329 e. The fourth-order valence-corrected chi connectivity index (χ4v) is 1.56. The molecule has 100 valence electrons. The molecule has 0 aliphatic carbocycles. The van der Waals surface area contributed by atoms with Gasteiger partial charge in [-0.05, 0) is 18.1 Å². The monoisotopic (exact) mass is 263 g/mol. The predicted molar refractivity (Wildman–Crippen MR) is 64.2 cm³/mol. The second-order valence-corrected chi connectivity index (χ2v) is 3.76. The molecule has 0 atom stereocenters. The van der Waals surface area contributed by atoms with Crippen molar-refractivity contribution in [1.29, 1.82) is 0 Å². The standard InChI is InChI=1S/C12H13N3O4/c1-2-8-4-3-5-13-11(8)12-14-9(19-15-12)6-18-7-10(16)17/h3-5H,2,6-7H2,1H3,(H,16,17). The van der Waals surface area contributed by atoms with Gasteiger partial charge in [0.2, 0.25) is 5.82 Å². The number of carbonyl (C=O) groups is 1. The van der Waals surface area contributed by atoms with E-state index >= 15 is 0 Å². The molecule has 0 bridgehead atoms. The number of pyridine rings is 1. The van der Waals surface area contributed by atoms with Gasteiger partial charge in [0.05, 0.1) is 0 Å². The Morgan fingerprint density at radius 2 is 2.37 bits per heavy atom. The summed E-state index contributed by atoms with van der Waals surface area (Å²) in [6, 6.07) is 3.79. The third kappa shape index (κ3) is 3.35. The maximum absolute atomic E-state index is 10.3. The summed E-state index contributed by atoms with van der Waals surface area (Å²) in [5.74, 6) is -0.437. The first-order chi connectivity index (χ1) is 9.20. The Balaban J connectivity index is 2.10. The van der Waals surface area contributed by atoms with Crippen LogP contribution in [-0.2, 0) is 22.6 Å². The van der Waals surface area contributed by atoms with Gasteiger partial charge in [-0.2, -0.15) is 4.98 Å². The van der Waals surface area contributed by atoms with Crippen molar-refractivity contribution in [3.8, 4) is 11.5 Å². The van der Waals surface area contributed by atoms with Crippen molar-refractivity contribution in [3.63, 3.8) is 0 Å². The van der Waals surface area contributed by atoms with Crippen molar-refractivity contribution in [3.05, 3.63) is 29.8 Å². The number of hydrogen-bond acceptors (Lipinski definition) is 6. The molecule has 0 spiro atoms. The summed E-state index contributed by atoms with van der Waals surface area (Å²) in [6.07, 6.45) is 2.47. The van der Waals surface area contributed by atoms with E-state index in [-0.39, 0.29) is 12.5 Å². The summed E-state index contributed by atoms with van der Waals surface area (Å²) < 4.78 is 9.85. The van der Waals surface area contributed by atoms with Crippen LogP contribution in [0.1, 0.15) is 18.4 Å². The lowest BCUT2D eigenvalue weighted by Crippen LogP contribution is -2.06. The van der Waals surface area contributed by atoms with Gasteiger partial charge in [0.25, 0.3) is 5.89 Å². The first-order valence-corrected chi connectivity index (χ1v) is 5.77. The molecule has 0 amide bonds. The smallest absolute Gasteiger partial charge is 0.329 e. The van der Waals surface area contributed by atoms with Crippen LogP contribution in [0.25, 0.3) is 11.5 Å². The number of ether oxygens (including phenoxy) is 1. The minimum Gasteiger partial charge on any atom is -0.480 e. The van der Waals surface area contributed by atoms with Gasteiger partial charge < -0.3 is 14.4 Å². The first-order valence-electron chi connectivity index (χ1n) is 5.77. The molecule has 2 rings (SSSR count). The lowest BCUT2D eigenvalue weighted by atomic mass is 10.1. The largest absolute Gasteiger partial charge is 0.480 e. The Morgan fingerprint density at radius 1 is 1.53 bits per heavy atom. The highest BCUT2D eigenvalue weighted by molar-refractivity contribution is 5.67. The molecule has 0 saturated carbocycles. The van der Waals surface area contributed by atoms with Crippen LogP contribution in [0.3, 0.4) is 0 Å². The minimum atomic E-state index is -1.04. The maximum atomic E-state index is 10.3. The number of aliphatic carboxylic acids is 1. The summed E-state index contributed by atoms with van der Waals surface area (Å²) >= 11 is 0. The van der Waals surface area contributed by atoms with Gasteiger partial charge in [-0.25, -0.2) is 4.79 Å². The summed E-state index contributed by atoms with van der Waals surface area (Å²) in [5, 5.41) is 12.3. The van der Waals surface area contributed by atoms with Crippen LogP contribution < -0.4 is 0 Å². The van der Waals surface area contributed by atoms with Gasteiger partial charge in [-0.3, -0.25) is 4.98 Å². The Bertz CT molecular complexity index is 568. The van der Waals surface area contributed by atoms with E-state index in [1.165, 1.54) is 0 Å². The third-order valence-corrected chi connectivity index (χ3v) is 2.40. The fraction of sp³-hybridized carbons (Fsp3) is 0.333. The number of rotatable bonds is 6. The molecule has 7 heteroatoms. The Kier molecular flexibility index (Phi) is 4.19. The molecule has 0 radical (unpaired) electrons. The molecular formula is C12H13N3O4. The molecule has 2 heterocycles. The van der Waals surface area contributed by atoms with E-state index in [4.69, 9.17) is 14.4 Å². The van der Waals surface area contributed by atoms with Crippen LogP contribution in [-0.4, -0.2) is 32.8 Å². The molecule has 0 unspecified atom stereocenters. The Morgan fingerprint density at radius 3 is 3.11 bits per heavy atom. The number of carboxylic acid groups (broad SMARTS) is 1. The van der Waals surface area contributed by atoms with Crippen molar-refractivity contribution in [2.24, 2.45) is 0 Å². The molecule has 0 aromatic carbocycles. The lowest BCUT2D eigenvalue weighted by Gasteiger charge is -2.00. The van der Waals surface area contributed by atoms with Crippen molar-refractivity contribution >= 4 is 5.97 Å².